The first kappa shape index (κ1) is 24.9. The normalized spacial score (nSPS) is 14.3. The van der Waals surface area contributed by atoms with Crippen molar-refractivity contribution < 1.29 is 19.1 Å². The first-order valence-electron chi connectivity index (χ1n) is 10.7. The maximum absolute atomic E-state index is 12.9. The predicted molar refractivity (Wildman–Crippen MR) is 146 cm³/mol. The van der Waals surface area contributed by atoms with Crippen LogP contribution >= 0.6 is 38.5 Å². The molecular formula is C26H21BrIN3O4. The first-order valence-corrected chi connectivity index (χ1v) is 12.5. The van der Waals surface area contributed by atoms with Gasteiger partial charge in [-0.25, -0.2) is 9.69 Å². The number of halogens is 2. The van der Waals surface area contributed by atoms with Crippen molar-refractivity contribution in [3.8, 4) is 5.75 Å². The van der Waals surface area contributed by atoms with Gasteiger partial charge in [-0.2, -0.15) is 0 Å². The molecular weight excluding hydrogens is 625 g/mol. The highest BCUT2D eigenvalue weighted by Crippen LogP contribution is 2.27. The second-order valence-corrected chi connectivity index (χ2v) is 10.1. The van der Waals surface area contributed by atoms with Crippen LogP contribution in [0.3, 0.4) is 0 Å². The number of benzene rings is 3. The van der Waals surface area contributed by atoms with Crippen LogP contribution in [0, 0.1) is 10.5 Å². The van der Waals surface area contributed by atoms with E-state index < -0.39 is 24.4 Å². The molecule has 1 fully saturated rings. The summed E-state index contributed by atoms with van der Waals surface area (Å²) in [5, 5.41) is 5.25. The molecule has 0 spiro atoms. The smallest absolute Gasteiger partial charge is 0.329 e. The van der Waals surface area contributed by atoms with Crippen molar-refractivity contribution in [2.45, 2.75) is 13.5 Å². The second-order valence-electron chi connectivity index (χ2n) is 7.89. The Labute approximate surface area is 224 Å². The summed E-state index contributed by atoms with van der Waals surface area (Å²) in [6, 6.07) is 20.0. The average molecular weight is 646 g/mol. The largest absolute Gasteiger partial charge is 0.488 e. The van der Waals surface area contributed by atoms with Crippen LogP contribution in [0.25, 0.3) is 6.08 Å². The number of anilines is 1. The minimum absolute atomic E-state index is 0.0651. The van der Waals surface area contributed by atoms with E-state index in [1.807, 2.05) is 49.4 Å². The number of rotatable bonds is 7. The van der Waals surface area contributed by atoms with Gasteiger partial charge in [0.25, 0.3) is 5.91 Å². The zero-order chi connectivity index (χ0) is 24.9. The molecule has 0 bridgehead atoms. The highest BCUT2D eigenvalue weighted by Gasteiger charge is 2.35. The summed E-state index contributed by atoms with van der Waals surface area (Å²) in [5.41, 5.74) is 3.33. The molecule has 4 amide bonds. The Morgan fingerprint density at radius 1 is 1.09 bits per heavy atom. The van der Waals surface area contributed by atoms with Gasteiger partial charge in [0.1, 0.15) is 24.6 Å². The van der Waals surface area contributed by atoms with Crippen molar-refractivity contribution in [3.05, 3.63) is 97.2 Å². The second kappa shape index (κ2) is 11.0. The van der Waals surface area contributed by atoms with Gasteiger partial charge >= 0.3 is 6.03 Å². The van der Waals surface area contributed by atoms with Crippen molar-refractivity contribution in [1.82, 2.24) is 10.2 Å². The number of hydrogen-bond acceptors (Lipinski definition) is 4. The number of ether oxygens (including phenoxy) is 1. The maximum Gasteiger partial charge on any atom is 0.329 e. The van der Waals surface area contributed by atoms with Crippen LogP contribution < -0.4 is 15.4 Å². The van der Waals surface area contributed by atoms with E-state index >= 15 is 0 Å². The fraction of sp³-hybridized carbons (Fsp3) is 0.115. The van der Waals surface area contributed by atoms with E-state index in [-0.39, 0.29) is 5.70 Å². The third-order valence-electron chi connectivity index (χ3n) is 5.18. The highest BCUT2D eigenvalue weighted by molar-refractivity contribution is 14.1. The van der Waals surface area contributed by atoms with Crippen molar-refractivity contribution in [2.24, 2.45) is 0 Å². The van der Waals surface area contributed by atoms with Crippen molar-refractivity contribution >= 4 is 68.1 Å². The molecule has 1 aliphatic heterocycles. The van der Waals surface area contributed by atoms with Crippen LogP contribution in [0.15, 0.2) is 76.9 Å². The molecule has 0 radical (unpaired) electrons. The number of nitrogens with zero attached hydrogens (tertiary/aromatic N) is 1. The fourth-order valence-electron chi connectivity index (χ4n) is 3.36. The van der Waals surface area contributed by atoms with E-state index in [9.17, 15) is 14.4 Å². The number of carbonyl (C=O) groups excluding carboxylic acids is 3. The van der Waals surface area contributed by atoms with Crippen LogP contribution in [-0.4, -0.2) is 29.3 Å². The van der Waals surface area contributed by atoms with E-state index in [1.54, 1.807) is 30.3 Å². The minimum atomic E-state index is -0.656. The Bertz CT molecular complexity index is 1310. The van der Waals surface area contributed by atoms with Gasteiger partial charge in [0, 0.05) is 19.3 Å². The number of amides is 4. The molecule has 1 aliphatic rings. The lowest BCUT2D eigenvalue weighted by Crippen LogP contribution is -2.38. The Morgan fingerprint density at radius 2 is 1.80 bits per heavy atom. The lowest BCUT2D eigenvalue weighted by molar-refractivity contribution is -0.127. The molecule has 9 heteroatoms. The molecule has 0 atom stereocenters. The van der Waals surface area contributed by atoms with E-state index in [2.05, 4.69) is 49.2 Å². The molecule has 0 saturated carbocycles. The number of aryl methyl sites for hydroxylation is 1. The molecule has 0 aromatic heterocycles. The van der Waals surface area contributed by atoms with Crippen LogP contribution in [0.4, 0.5) is 10.5 Å². The number of carbonyl (C=O) groups is 3. The van der Waals surface area contributed by atoms with Gasteiger partial charge in [-0.3, -0.25) is 9.59 Å². The quantitative estimate of drug-likeness (QED) is 0.203. The van der Waals surface area contributed by atoms with E-state index in [1.165, 1.54) is 0 Å². The van der Waals surface area contributed by atoms with Crippen molar-refractivity contribution in [3.63, 3.8) is 0 Å². The summed E-state index contributed by atoms with van der Waals surface area (Å²) in [6.07, 6.45) is 1.55. The Balaban J connectivity index is 1.47. The number of nitrogens with one attached hydrogen (secondary N) is 2. The molecule has 35 heavy (non-hydrogen) atoms. The van der Waals surface area contributed by atoms with Gasteiger partial charge in [-0.1, -0.05) is 45.8 Å². The highest BCUT2D eigenvalue weighted by atomic mass is 127. The summed E-state index contributed by atoms with van der Waals surface area (Å²) in [5.74, 6) is -0.503. The summed E-state index contributed by atoms with van der Waals surface area (Å²) in [4.78, 5) is 38.6. The molecule has 178 valence electrons. The van der Waals surface area contributed by atoms with Crippen LogP contribution in [-0.2, 0) is 16.2 Å². The molecule has 3 aromatic carbocycles. The third-order valence-corrected chi connectivity index (χ3v) is 6.39. The minimum Gasteiger partial charge on any atom is -0.488 e. The third kappa shape index (κ3) is 6.49. The van der Waals surface area contributed by atoms with Gasteiger partial charge in [-0.05, 0) is 83.6 Å². The molecule has 1 heterocycles. The van der Waals surface area contributed by atoms with E-state index in [0.717, 1.165) is 24.1 Å². The van der Waals surface area contributed by atoms with Crippen LogP contribution in [0.5, 0.6) is 5.75 Å². The van der Waals surface area contributed by atoms with E-state index in [0.29, 0.717) is 23.6 Å². The predicted octanol–water partition coefficient (Wildman–Crippen LogP) is 5.47. The monoisotopic (exact) mass is 645 g/mol. The summed E-state index contributed by atoms with van der Waals surface area (Å²) >= 11 is 5.68. The van der Waals surface area contributed by atoms with Crippen molar-refractivity contribution in [1.29, 1.82) is 0 Å². The van der Waals surface area contributed by atoms with Gasteiger partial charge < -0.3 is 15.4 Å². The fourth-order valence-corrected chi connectivity index (χ4v) is 4.10. The van der Waals surface area contributed by atoms with Crippen molar-refractivity contribution in [2.75, 3.05) is 11.9 Å². The number of urea groups is 1. The average Bonchev–Trinajstić information content (AvgIpc) is 3.08. The SMILES string of the molecule is Cc1ccc(NC(=O)CN2C(=O)N/C(=C/c3cc(Br)ccc3OCc3ccc(I)cc3)C2=O)cc1. The molecule has 7 nitrogen and oxygen atoms in total. The maximum atomic E-state index is 12.9. The Hall–Kier alpha value is -3.18. The Kier molecular flexibility index (Phi) is 7.86. The summed E-state index contributed by atoms with van der Waals surface area (Å²) in [7, 11) is 0. The first-order chi connectivity index (χ1) is 16.8. The number of hydrogen-bond donors (Lipinski definition) is 2. The topological polar surface area (TPSA) is 87.7 Å². The number of imide groups is 1. The zero-order valence-corrected chi connectivity index (χ0v) is 22.4. The molecule has 0 unspecified atom stereocenters. The summed E-state index contributed by atoms with van der Waals surface area (Å²) in [6.45, 7) is 1.89. The molecule has 2 N–H and O–H groups in total. The van der Waals surface area contributed by atoms with Gasteiger partial charge in [-0.15, -0.1) is 0 Å². The lowest BCUT2D eigenvalue weighted by Gasteiger charge is -2.12. The van der Waals surface area contributed by atoms with Crippen LogP contribution in [0.2, 0.25) is 0 Å². The summed E-state index contributed by atoms with van der Waals surface area (Å²) < 4.78 is 7.91. The molecule has 0 aliphatic carbocycles. The van der Waals surface area contributed by atoms with Gasteiger partial charge in [0.05, 0.1) is 0 Å². The van der Waals surface area contributed by atoms with Gasteiger partial charge in [0.2, 0.25) is 5.91 Å². The molecule has 3 aromatic rings. The van der Waals surface area contributed by atoms with Crippen LogP contribution in [0.1, 0.15) is 16.7 Å². The van der Waals surface area contributed by atoms with E-state index in [4.69, 9.17) is 4.74 Å². The molecule has 4 rings (SSSR count). The lowest BCUT2D eigenvalue weighted by atomic mass is 10.1. The Morgan fingerprint density at radius 3 is 2.51 bits per heavy atom. The van der Waals surface area contributed by atoms with Gasteiger partial charge in [0.15, 0.2) is 0 Å². The standard InChI is InChI=1S/C26H21BrIN3O4/c1-16-2-9-21(10-3-16)29-24(32)14-31-25(33)22(30-26(31)34)13-18-12-19(27)6-11-23(18)35-15-17-4-7-20(28)8-5-17/h2-13H,14-15H2,1H3,(H,29,32)(H,30,34)/b22-13+. The molecule has 1 saturated heterocycles. The zero-order valence-electron chi connectivity index (χ0n) is 18.7.